The van der Waals surface area contributed by atoms with Crippen molar-refractivity contribution in [1.82, 2.24) is 24.7 Å². The average Bonchev–Trinajstić information content (AvgIpc) is 3.30. The van der Waals surface area contributed by atoms with Crippen LogP contribution in [0.1, 0.15) is 49.6 Å². The Kier molecular flexibility index (Phi) is 5.81. The summed E-state index contributed by atoms with van der Waals surface area (Å²) >= 11 is 1.61. The first-order chi connectivity index (χ1) is 14.4. The first-order valence-electron chi connectivity index (χ1n) is 10.1. The van der Waals surface area contributed by atoms with Gasteiger partial charge in [0.15, 0.2) is 5.82 Å². The Morgan fingerprint density at radius 3 is 2.70 bits per heavy atom. The number of ether oxygens (including phenoxy) is 1. The van der Waals surface area contributed by atoms with Crippen LogP contribution < -0.4 is 9.64 Å². The number of rotatable bonds is 7. The van der Waals surface area contributed by atoms with Gasteiger partial charge in [-0.3, -0.25) is 0 Å². The number of alkyl halides is 3. The minimum Gasteiger partial charge on any atom is -0.463 e. The number of anilines is 1. The van der Waals surface area contributed by atoms with Gasteiger partial charge in [0, 0.05) is 18.0 Å². The fourth-order valence-corrected chi connectivity index (χ4v) is 4.58. The van der Waals surface area contributed by atoms with Gasteiger partial charge < -0.3 is 14.2 Å². The van der Waals surface area contributed by atoms with Crippen molar-refractivity contribution in [2.75, 3.05) is 18.1 Å². The van der Waals surface area contributed by atoms with Crippen molar-refractivity contribution in [3.63, 3.8) is 0 Å². The number of unbranched alkanes of at least 4 members (excludes halogenated alkanes) is 1. The van der Waals surface area contributed by atoms with Crippen molar-refractivity contribution >= 4 is 27.4 Å². The summed E-state index contributed by atoms with van der Waals surface area (Å²) in [7, 11) is 0. The van der Waals surface area contributed by atoms with Gasteiger partial charge in [-0.05, 0) is 18.9 Å². The Balaban J connectivity index is 1.69. The Morgan fingerprint density at radius 1 is 1.13 bits per heavy atom. The number of aryl methyl sites for hydroxylation is 1. The molecule has 30 heavy (non-hydrogen) atoms. The molecular weight excluding hydrogens is 417 g/mol. The van der Waals surface area contributed by atoms with Gasteiger partial charge >= 0.3 is 12.2 Å². The molecule has 0 unspecified atom stereocenters. The topological polar surface area (TPSA) is 69.0 Å². The second-order valence-corrected chi connectivity index (χ2v) is 8.34. The van der Waals surface area contributed by atoms with Crippen LogP contribution in [0.4, 0.5) is 19.0 Å². The molecule has 0 saturated heterocycles. The predicted octanol–water partition coefficient (Wildman–Crippen LogP) is 4.45. The van der Waals surface area contributed by atoms with Crippen LogP contribution in [0.15, 0.2) is 6.07 Å². The van der Waals surface area contributed by atoms with Crippen LogP contribution in [0.5, 0.6) is 6.01 Å². The van der Waals surface area contributed by atoms with E-state index in [0.29, 0.717) is 25.0 Å². The third-order valence-corrected chi connectivity index (χ3v) is 6.02. The molecule has 0 aromatic carbocycles. The molecule has 1 aliphatic rings. The van der Waals surface area contributed by atoms with Crippen LogP contribution in [-0.2, 0) is 25.7 Å². The Bertz CT molecular complexity index is 1030. The lowest BCUT2D eigenvalue weighted by molar-refractivity contribution is -0.147. The lowest BCUT2D eigenvalue weighted by Crippen LogP contribution is -2.36. The monoisotopic (exact) mass is 440 g/mol. The molecule has 0 aliphatic carbocycles. The molecule has 4 rings (SSSR count). The molecule has 3 aromatic rings. The summed E-state index contributed by atoms with van der Waals surface area (Å²) in [5.41, 5.74) is 0. The van der Waals surface area contributed by atoms with Gasteiger partial charge in [-0.25, -0.2) is 0 Å². The van der Waals surface area contributed by atoms with E-state index in [9.17, 15) is 13.2 Å². The normalized spacial score (nSPS) is 14.4. The second-order valence-electron chi connectivity index (χ2n) is 7.22. The maximum absolute atomic E-state index is 13.1. The third kappa shape index (κ3) is 4.07. The van der Waals surface area contributed by atoms with Crippen LogP contribution in [0.2, 0.25) is 0 Å². The molecular formula is C19H23F3N6OS. The summed E-state index contributed by atoms with van der Waals surface area (Å²) in [6.07, 6.45) is -0.663. The number of nitrogens with zero attached hydrogens (tertiary/aromatic N) is 6. The van der Waals surface area contributed by atoms with E-state index in [1.807, 2.05) is 4.90 Å². The van der Waals surface area contributed by atoms with Crippen LogP contribution in [0, 0.1) is 0 Å². The maximum Gasteiger partial charge on any atom is 0.451 e. The van der Waals surface area contributed by atoms with E-state index in [2.05, 4.69) is 40.1 Å². The Hall–Kier alpha value is -2.43. The first kappa shape index (κ1) is 20.8. The van der Waals surface area contributed by atoms with Crippen LogP contribution in [0.25, 0.3) is 10.2 Å². The second kappa shape index (κ2) is 8.37. The lowest BCUT2D eigenvalue weighted by atomic mass is 10.2. The zero-order chi connectivity index (χ0) is 21.3. The Morgan fingerprint density at radius 2 is 1.97 bits per heavy atom. The summed E-state index contributed by atoms with van der Waals surface area (Å²) in [5.74, 6) is 0.0000443. The van der Waals surface area contributed by atoms with Gasteiger partial charge in [0.05, 0.1) is 18.5 Å². The molecule has 162 valence electrons. The first-order valence-corrected chi connectivity index (χ1v) is 10.9. The van der Waals surface area contributed by atoms with Crippen LogP contribution in [0.3, 0.4) is 0 Å². The zero-order valence-electron chi connectivity index (χ0n) is 16.9. The van der Waals surface area contributed by atoms with E-state index in [1.165, 1.54) is 4.88 Å². The highest BCUT2D eigenvalue weighted by Gasteiger charge is 2.39. The lowest BCUT2D eigenvalue weighted by Gasteiger charge is -2.29. The van der Waals surface area contributed by atoms with Gasteiger partial charge in [-0.1, -0.05) is 26.7 Å². The number of hydrogen-bond acceptors (Lipinski definition) is 7. The fraction of sp³-hybridized carbons (Fsp3) is 0.579. The summed E-state index contributed by atoms with van der Waals surface area (Å²) in [4.78, 5) is 13.1. The molecule has 0 radical (unpaired) electrons. The highest BCUT2D eigenvalue weighted by atomic mass is 32.1. The highest BCUT2D eigenvalue weighted by molar-refractivity contribution is 7.18. The summed E-state index contributed by atoms with van der Waals surface area (Å²) < 4.78 is 46.3. The van der Waals surface area contributed by atoms with Crippen molar-refractivity contribution in [3.05, 3.63) is 22.6 Å². The standard InChI is InChI=1S/C19H23F3N6OS/c1-3-5-9-29-18-23-15(13-10-12(6-4-2)30-16(13)24-18)27-7-8-28-14(11-27)25-26-17(28)19(20,21)22/h10H,3-9,11H2,1-2H3. The number of aromatic nitrogens is 5. The maximum atomic E-state index is 13.1. The molecule has 0 atom stereocenters. The molecule has 0 bridgehead atoms. The number of thiophene rings is 1. The van der Waals surface area contributed by atoms with Gasteiger partial charge in [0.25, 0.3) is 0 Å². The molecule has 7 nitrogen and oxygen atoms in total. The largest absolute Gasteiger partial charge is 0.463 e. The smallest absolute Gasteiger partial charge is 0.451 e. The average molecular weight is 440 g/mol. The Labute approximate surface area is 175 Å². The molecule has 3 aromatic heterocycles. The molecule has 0 amide bonds. The third-order valence-electron chi connectivity index (χ3n) is 4.93. The molecule has 0 fully saturated rings. The summed E-state index contributed by atoms with van der Waals surface area (Å²) in [6, 6.07) is 2.38. The molecule has 11 heteroatoms. The molecule has 0 saturated carbocycles. The quantitative estimate of drug-likeness (QED) is 0.506. The number of hydrogen-bond donors (Lipinski definition) is 0. The summed E-state index contributed by atoms with van der Waals surface area (Å²) in [5, 5.41) is 8.04. The van der Waals surface area contributed by atoms with E-state index in [-0.39, 0.29) is 18.9 Å². The van der Waals surface area contributed by atoms with E-state index in [0.717, 1.165) is 40.5 Å². The predicted molar refractivity (Wildman–Crippen MR) is 108 cm³/mol. The van der Waals surface area contributed by atoms with E-state index in [4.69, 9.17) is 4.74 Å². The van der Waals surface area contributed by atoms with Gasteiger partial charge in [-0.15, -0.1) is 21.5 Å². The van der Waals surface area contributed by atoms with Crippen LogP contribution in [-0.4, -0.2) is 37.9 Å². The van der Waals surface area contributed by atoms with Crippen molar-refractivity contribution in [1.29, 1.82) is 0 Å². The zero-order valence-corrected chi connectivity index (χ0v) is 17.7. The molecule has 1 aliphatic heterocycles. The molecule has 4 heterocycles. The van der Waals surface area contributed by atoms with Crippen molar-refractivity contribution in [3.8, 4) is 6.01 Å². The number of halogens is 3. The van der Waals surface area contributed by atoms with E-state index in [1.54, 1.807) is 11.3 Å². The van der Waals surface area contributed by atoms with Crippen molar-refractivity contribution in [2.45, 2.75) is 58.8 Å². The molecule has 0 N–H and O–H groups in total. The van der Waals surface area contributed by atoms with E-state index >= 15 is 0 Å². The highest BCUT2D eigenvalue weighted by Crippen LogP contribution is 2.35. The van der Waals surface area contributed by atoms with Crippen LogP contribution >= 0.6 is 11.3 Å². The number of fused-ring (bicyclic) bond motifs is 2. The van der Waals surface area contributed by atoms with E-state index < -0.39 is 12.0 Å². The fourth-order valence-electron chi connectivity index (χ4n) is 3.47. The van der Waals surface area contributed by atoms with Crippen molar-refractivity contribution < 1.29 is 17.9 Å². The summed E-state index contributed by atoms with van der Waals surface area (Å²) in [6.45, 7) is 5.43. The van der Waals surface area contributed by atoms with Crippen molar-refractivity contribution in [2.24, 2.45) is 0 Å². The minimum atomic E-state index is -4.52. The SMILES string of the molecule is CCCCOc1nc(N2CCn3c(nnc3C(F)(F)F)C2)c2cc(CCC)sc2n1. The minimum absolute atomic E-state index is 0.140. The van der Waals surface area contributed by atoms with Gasteiger partial charge in [0.1, 0.15) is 10.6 Å². The molecule has 0 spiro atoms. The van der Waals surface area contributed by atoms with Gasteiger partial charge in [-0.2, -0.15) is 23.1 Å². The van der Waals surface area contributed by atoms with Gasteiger partial charge in [0.2, 0.25) is 5.82 Å².